The first kappa shape index (κ1) is 19.9. The van der Waals surface area contributed by atoms with Crippen LogP contribution in [0.15, 0.2) is 18.2 Å². The Morgan fingerprint density at radius 1 is 1.46 bits per heavy atom. The fourth-order valence-electron chi connectivity index (χ4n) is 2.21. The van der Waals surface area contributed by atoms with Crippen LogP contribution in [0, 0.1) is 5.82 Å². The Kier molecular flexibility index (Phi) is 7.16. The molecule has 1 amide bonds. The van der Waals surface area contributed by atoms with Crippen molar-refractivity contribution in [3.63, 3.8) is 0 Å². The molecule has 1 aliphatic rings. The van der Waals surface area contributed by atoms with Gasteiger partial charge in [-0.15, -0.1) is 0 Å². The van der Waals surface area contributed by atoms with Crippen LogP contribution in [0.1, 0.15) is 38.1 Å². The molecule has 134 valence electrons. The van der Waals surface area contributed by atoms with Gasteiger partial charge in [0.1, 0.15) is 11.4 Å². The number of amides is 1. The average Bonchev–Trinajstić information content (AvgIpc) is 2.46. The number of ether oxygens (including phenoxy) is 1. The lowest BCUT2D eigenvalue weighted by Crippen LogP contribution is -2.49. The monoisotopic (exact) mass is 339 g/mol. The van der Waals surface area contributed by atoms with Crippen molar-refractivity contribution in [2.24, 2.45) is 5.73 Å². The van der Waals surface area contributed by atoms with E-state index in [9.17, 15) is 14.0 Å². The standard InChI is InChI=1S/C12H16FN3O.C5H10O2/c1-8-7-16(5-4-15-8)9-2-3-10(12(14)17)11(13)6-9;1-5(2,3)7-4-6/h2-3,6,8,15H,4-5,7H2,1H3,(H2,14,17);4H,1-3H3/t8-;/m1./s1. The van der Waals surface area contributed by atoms with Crippen molar-refractivity contribution in [2.45, 2.75) is 39.3 Å². The highest BCUT2D eigenvalue weighted by Crippen LogP contribution is 2.19. The zero-order chi connectivity index (χ0) is 18.3. The number of hydrogen-bond acceptors (Lipinski definition) is 5. The molecule has 7 heteroatoms. The van der Waals surface area contributed by atoms with Gasteiger partial charge in [-0.05, 0) is 45.9 Å². The molecule has 1 aromatic rings. The molecule has 24 heavy (non-hydrogen) atoms. The first-order chi connectivity index (χ1) is 11.1. The van der Waals surface area contributed by atoms with Gasteiger partial charge in [-0.2, -0.15) is 0 Å². The lowest BCUT2D eigenvalue weighted by atomic mass is 10.1. The second-order valence-electron chi connectivity index (χ2n) is 6.66. The van der Waals surface area contributed by atoms with Crippen LogP contribution in [0.2, 0.25) is 0 Å². The summed E-state index contributed by atoms with van der Waals surface area (Å²) in [5, 5.41) is 3.32. The van der Waals surface area contributed by atoms with Gasteiger partial charge in [0.15, 0.2) is 0 Å². The maximum atomic E-state index is 13.6. The Morgan fingerprint density at radius 2 is 2.12 bits per heavy atom. The van der Waals surface area contributed by atoms with Crippen molar-refractivity contribution in [1.29, 1.82) is 0 Å². The van der Waals surface area contributed by atoms with Gasteiger partial charge in [0, 0.05) is 31.4 Å². The third-order valence-corrected chi connectivity index (χ3v) is 3.35. The van der Waals surface area contributed by atoms with Gasteiger partial charge in [0.05, 0.1) is 5.56 Å². The highest BCUT2D eigenvalue weighted by atomic mass is 19.1. The van der Waals surface area contributed by atoms with E-state index in [1.807, 2.05) is 20.8 Å². The predicted molar refractivity (Wildman–Crippen MR) is 91.5 cm³/mol. The van der Waals surface area contributed by atoms with Crippen LogP contribution in [0.4, 0.5) is 10.1 Å². The lowest BCUT2D eigenvalue weighted by molar-refractivity contribution is -0.138. The van der Waals surface area contributed by atoms with Crippen molar-refractivity contribution in [1.82, 2.24) is 5.32 Å². The smallest absolute Gasteiger partial charge is 0.293 e. The lowest BCUT2D eigenvalue weighted by Gasteiger charge is -2.33. The molecule has 1 atom stereocenters. The maximum Gasteiger partial charge on any atom is 0.293 e. The van der Waals surface area contributed by atoms with Gasteiger partial charge in [0.25, 0.3) is 12.4 Å². The quantitative estimate of drug-likeness (QED) is 0.819. The molecule has 3 N–H and O–H groups in total. The van der Waals surface area contributed by atoms with Gasteiger partial charge >= 0.3 is 0 Å². The Hall–Kier alpha value is -2.15. The molecule has 1 aromatic carbocycles. The van der Waals surface area contributed by atoms with E-state index in [0.717, 1.165) is 25.3 Å². The molecule has 6 nitrogen and oxygen atoms in total. The van der Waals surface area contributed by atoms with E-state index in [2.05, 4.69) is 21.9 Å². The van der Waals surface area contributed by atoms with Gasteiger partial charge in [0.2, 0.25) is 0 Å². The molecule has 0 spiro atoms. The summed E-state index contributed by atoms with van der Waals surface area (Å²) in [5.74, 6) is -1.29. The summed E-state index contributed by atoms with van der Waals surface area (Å²) in [4.78, 5) is 22.6. The molecule has 0 aromatic heterocycles. The molecular formula is C17H26FN3O3. The SMILES string of the molecule is CC(C)(C)OC=O.C[C@@H]1CN(c2ccc(C(N)=O)c(F)c2)CCN1. The molecule has 1 fully saturated rings. The van der Waals surface area contributed by atoms with Gasteiger partial charge in [-0.1, -0.05) is 0 Å². The predicted octanol–water partition coefficient (Wildman–Crippen LogP) is 1.68. The van der Waals surface area contributed by atoms with Crippen LogP contribution >= 0.6 is 0 Å². The van der Waals surface area contributed by atoms with Crippen molar-refractivity contribution in [3.8, 4) is 0 Å². The minimum absolute atomic E-state index is 0.0584. The highest BCUT2D eigenvalue weighted by Gasteiger charge is 2.17. The number of rotatable bonds is 3. The molecular weight excluding hydrogens is 313 g/mol. The van der Waals surface area contributed by atoms with E-state index >= 15 is 0 Å². The van der Waals surface area contributed by atoms with Crippen LogP contribution in [0.25, 0.3) is 0 Å². The van der Waals surface area contributed by atoms with E-state index in [1.165, 1.54) is 12.1 Å². The first-order valence-electron chi connectivity index (χ1n) is 7.83. The van der Waals surface area contributed by atoms with Crippen LogP contribution < -0.4 is 16.0 Å². The number of benzene rings is 1. The number of anilines is 1. The maximum absolute atomic E-state index is 13.6. The normalized spacial score (nSPS) is 17.5. The van der Waals surface area contributed by atoms with E-state index < -0.39 is 11.7 Å². The minimum Gasteiger partial charge on any atom is -0.462 e. The largest absolute Gasteiger partial charge is 0.462 e. The van der Waals surface area contributed by atoms with Crippen molar-refractivity contribution >= 4 is 18.1 Å². The second-order valence-corrected chi connectivity index (χ2v) is 6.66. The molecule has 2 rings (SSSR count). The number of primary amides is 1. The molecule has 0 bridgehead atoms. The molecule has 1 saturated heterocycles. The Bertz CT molecular complexity index is 573. The average molecular weight is 339 g/mol. The zero-order valence-corrected chi connectivity index (χ0v) is 14.6. The van der Waals surface area contributed by atoms with Crippen molar-refractivity contribution in [3.05, 3.63) is 29.6 Å². The minimum atomic E-state index is -0.734. The number of carbonyl (C=O) groups is 2. The van der Waals surface area contributed by atoms with Crippen LogP contribution in [0.3, 0.4) is 0 Å². The third-order valence-electron chi connectivity index (χ3n) is 3.35. The Balaban J connectivity index is 0.000000351. The van der Waals surface area contributed by atoms with E-state index in [0.29, 0.717) is 12.5 Å². The number of nitrogens with two attached hydrogens (primary N) is 1. The summed E-state index contributed by atoms with van der Waals surface area (Å²) in [6, 6.07) is 4.93. The zero-order valence-electron chi connectivity index (χ0n) is 14.6. The summed E-state index contributed by atoms with van der Waals surface area (Å²) in [7, 11) is 0. The van der Waals surface area contributed by atoms with Gasteiger partial charge in [-0.25, -0.2) is 4.39 Å². The Labute approximate surface area is 142 Å². The molecule has 0 saturated carbocycles. The number of carbonyl (C=O) groups excluding carboxylic acids is 2. The first-order valence-corrected chi connectivity index (χ1v) is 7.83. The number of halogens is 1. The summed E-state index contributed by atoms with van der Waals surface area (Å²) in [5.41, 5.74) is 5.48. The molecule has 1 aliphatic heterocycles. The van der Waals surface area contributed by atoms with Gasteiger partial charge in [-0.3, -0.25) is 9.59 Å². The summed E-state index contributed by atoms with van der Waals surface area (Å²) in [6.45, 7) is 10.5. The van der Waals surface area contributed by atoms with Crippen LogP contribution in [-0.2, 0) is 9.53 Å². The summed E-state index contributed by atoms with van der Waals surface area (Å²) in [6.07, 6.45) is 0. The van der Waals surface area contributed by atoms with Crippen molar-refractivity contribution in [2.75, 3.05) is 24.5 Å². The summed E-state index contributed by atoms with van der Waals surface area (Å²) < 4.78 is 18.2. The number of hydrogen-bond donors (Lipinski definition) is 2. The molecule has 1 heterocycles. The fraction of sp³-hybridized carbons (Fsp3) is 0.529. The van der Waals surface area contributed by atoms with E-state index in [-0.39, 0.29) is 11.2 Å². The second kappa shape index (κ2) is 8.63. The van der Waals surface area contributed by atoms with E-state index in [4.69, 9.17) is 5.73 Å². The number of piperazine rings is 1. The van der Waals surface area contributed by atoms with Crippen molar-refractivity contribution < 1.29 is 18.7 Å². The molecule has 0 radical (unpaired) electrons. The van der Waals surface area contributed by atoms with E-state index in [1.54, 1.807) is 6.07 Å². The van der Waals surface area contributed by atoms with Gasteiger partial charge < -0.3 is 20.7 Å². The number of nitrogens with zero attached hydrogens (tertiary/aromatic N) is 1. The Morgan fingerprint density at radius 3 is 2.54 bits per heavy atom. The highest BCUT2D eigenvalue weighted by molar-refractivity contribution is 5.93. The molecule has 0 aliphatic carbocycles. The fourth-order valence-corrected chi connectivity index (χ4v) is 2.21. The number of nitrogens with one attached hydrogen (secondary N) is 1. The van der Waals surface area contributed by atoms with Crippen LogP contribution in [0.5, 0.6) is 0 Å². The third kappa shape index (κ3) is 6.54. The molecule has 0 unspecified atom stereocenters. The van der Waals surface area contributed by atoms with Crippen LogP contribution in [-0.4, -0.2) is 43.7 Å². The topological polar surface area (TPSA) is 84.7 Å². The summed E-state index contributed by atoms with van der Waals surface area (Å²) >= 11 is 0.